The van der Waals surface area contributed by atoms with Crippen LogP contribution in [0.3, 0.4) is 0 Å². The molecule has 1 aliphatic carbocycles. The minimum Gasteiger partial charge on any atom is -0.489 e. The summed E-state index contributed by atoms with van der Waals surface area (Å²) in [6.07, 6.45) is 9.91. The number of ether oxygens (including phenoxy) is 1. The van der Waals surface area contributed by atoms with Crippen molar-refractivity contribution in [1.82, 2.24) is 16.0 Å². The molecule has 0 spiro atoms. The Labute approximate surface area is 263 Å². The largest absolute Gasteiger partial charge is 0.489 e. The van der Waals surface area contributed by atoms with Crippen LogP contribution >= 0.6 is 23.2 Å². The summed E-state index contributed by atoms with van der Waals surface area (Å²) in [6, 6.07) is 14.0. The number of rotatable bonds is 12. The first-order chi connectivity index (χ1) is 19.9. The summed E-state index contributed by atoms with van der Waals surface area (Å²) in [5, 5.41) is 12.3. The minimum atomic E-state index is 0.00458. The fraction of sp³-hybridized carbons (Fsp3) is 0.629. The van der Waals surface area contributed by atoms with Gasteiger partial charge >= 0.3 is 0 Å². The van der Waals surface area contributed by atoms with E-state index in [0.717, 1.165) is 43.5 Å². The Hall–Kier alpha value is -1.79. The Balaban J connectivity index is 1.42. The molecule has 232 valence electrons. The molecule has 1 saturated carbocycles. The van der Waals surface area contributed by atoms with E-state index in [1.165, 1.54) is 37.7 Å². The van der Waals surface area contributed by atoms with E-state index in [1.807, 2.05) is 30.3 Å². The van der Waals surface area contributed by atoms with Crippen molar-refractivity contribution in [3.05, 3.63) is 63.6 Å². The van der Waals surface area contributed by atoms with Gasteiger partial charge in [0.1, 0.15) is 12.4 Å². The van der Waals surface area contributed by atoms with Crippen LogP contribution in [-0.4, -0.2) is 35.6 Å². The monoisotopic (exact) mass is 615 g/mol. The van der Waals surface area contributed by atoms with E-state index in [4.69, 9.17) is 27.9 Å². The summed E-state index contributed by atoms with van der Waals surface area (Å²) < 4.78 is 6.00. The van der Waals surface area contributed by atoms with Crippen LogP contribution < -0.4 is 20.7 Å². The predicted molar refractivity (Wildman–Crippen MR) is 176 cm³/mol. The van der Waals surface area contributed by atoms with E-state index in [1.54, 1.807) is 0 Å². The molecule has 0 aromatic heterocycles. The zero-order valence-corrected chi connectivity index (χ0v) is 27.7. The molecule has 2 atom stereocenters. The average molecular weight is 617 g/mol. The third-order valence-corrected chi connectivity index (χ3v) is 9.74. The van der Waals surface area contributed by atoms with Crippen molar-refractivity contribution in [2.45, 2.75) is 122 Å². The van der Waals surface area contributed by atoms with E-state index >= 15 is 0 Å². The highest BCUT2D eigenvalue weighted by Crippen LogP contribution is 2.32. The van der Waals surface area contributed by atoms with Crippen LogP contribution in [0.25, 0.3) is 0 Å². The number of amides is 1. The van der Waals surface area contributed by atoms with Gasteiger partial charge in [0.05, 0.1) is 0 Å². The summed E-state index contributed by atoms with van der Waals surface area (Å²) in [7, 11) is 0. The smallest absolute Gasteiger partial charge is 0.223 e. The molecule has 4 rings (SSSR count). The molecule has 5 nitrogen and oxygen atoms in total. The third-order valence-electron chi connectivity index (χ3n) is 9.04. The number of hydrogen-bond acceptors (Lipinski definition) is 4. The predicted octanol–water partition coefficient (Wildman–Crippen LogP) is 8.11. The van der Waals surface area contributed by atoms with Crippen LogP contribution in [0, 0.1) is 11.8 Å². The molecular formula is C35H51Cl2N3O2. The summed E-state index contributed by atoms with van der Waals surface area (Å²) in [4.78, 5) is 13.7. The van der Waals surface area contributed by atoms with Crippen LogP contribution in [0.2, 0.25) is 10.0 Å². The number of halogens is 2. The maximum atomic E-state index is 13.7. The van der Waals surface area contributed by atoms with Crippen molar-refractivity contribution in [2.24, 2.45) is 11.8 Å². The molecule has 2 fully saturated rings. The molecular weight excluding hydrogens is 565 g/mol. The summed E-state index contributed by atoms with van der Waals surface area (Å²) in [5.74, 6) is 1.58. The quantitative estimate of drug-likeness (QED) is 0.226. The molecule has 1 unspecified atom stereocenters. The topological polar surface area (TPSA) is 62.4 Å². The van der Waals surface area contributed by atoms with Gasteiger partial charge in [0.2, 0.25) is 5.91 Å². The highest BCUT2D eigenvalue weighted by atomic mass is 35.5. The van der Waals surface area contributed by atoms with Gasteiger partial charge in [0.15, 0.2) is 0 Å². The van der Waals surface area contributed by atoms with Gasteiger partial charge in [-0.15, -0.1) is 0 Å². The fourth-order valence-corrected chi connectivity index (χ4v) is 7.87. The molecule has 0 bridgehead atoms. The number of nitrogens with one attached hydrogen (secondary N) is 3. The number of carbonyl (C=O) groups is 1. The first kappa shape index (κ1) is 33.1. The number of benzene rings is 2. The molecule has 2 aromatic rings. The molecule has 1 saturated heterocycles. The second-order valence-corrected chi connectivity index (χ2v) is 14.7. The van der Waals surface area contributed by atoms with E-state index in [2.05, 4.69) is 62.7 Å². The van der Waals surface area contributed by atoms with Crippen LogP contribution in [0.1, 0.15) is 97.1 Å². The first-order valence-electron chi connectivity index (χ1n) is 15.9. The van der Waals surface area contributed by atoms with Gasteiger partial charge in [-0.25, -0.2) is 0 Å². The number of hydrogen-bond donors (Lipinski definition) is 3. The Morgan fingerprint density at radius 3 is 2.19 bits per heavy atom. The molecule has 42 heavy (non-hydrogen) atoms. The van der Waals surface area contributed by atoms with Crippen molar-refractivity contribution in [2.75, 3.05) is 6.54 Å². The van der Waals surface area contributed by atoms with Crippen LogP contribution in [0.15, 0.2) is 42.5 Å². The van der Waals surface area contributed by atoms with Crippen LogP contribution in [-0.2, 0) is 17.8 Å². The van der Waals surface area contributed by atoms with Gasteiger partial charge in [0.25, 0.3) is 0 Å². The fourth-order valence-electron chi connectivity index (χ4n) is 7.36. The zero-order valence-electron chi connectivity index (χ0n) is 26.2. The molecule has 1 amide bonds. The van der Waals surface area contributed by atoms with Crippen molar-refractivity contribution >= 4 is 29.1 Å². The van der Waals surface area contributed by atoms with E-state index in [-0.39, 0.29) is 28.9 Å². The normalized spacial score (nSPS) is 20.5. The van der Waals surface area contributed by atoms with E-state index in [9.17, 15) is 4.79 Å². The lowest BCUT2D eigenvalue weighted by Crippen LogP contribution is -2.62. The molecule has 0 radical (unpaired) electrons. The highest BCUT2D eigenvalue weighted by molar-refractivity contribution is 6.35. The minimum absolute atomic E-state index is 0.00458. The Morgan fingerprint density at radius 2 is 1.60 bits per heavy atom. The maximum absolute atomic E-state index is 13.7. The molecule has 2 aromatic carbocycles. The van der Waals surface area contributed by atoms with Crippen molar-refractivity contribution in [3.8, 4) is 5.75 Å². The molecule has 7 heteroatoms. The van der Waals surface area contributed by atoms with Gasteiger partial charge in [-0.2, -0.15) is 0 Å². The van der Waals surface area contributed by atoms with Crippen molar-refractivity contribution in [1.29, 1.82) is 0 Å². The van der Waals surface area contributed by atoms with E-state index < -0.39 is 0 Å². The van der Waals surface area contributed by atoms with Gasteiger partial charge in [-0.05, 0) is 102 Å². The zero-order chi connectivity index (χ0) is 30.3. The molecule has 1 aliphatic heterocycles. The Bertz CT molecular complexity index is 1130. The molecule has 1 heterocycles. The van der Waals surface area contributed by atoms with Crippen molar-refractivity contribution in [3.63, 3.8) is 0 Å². The van der Waals surface area contributed by atoms with E-state index in [0.29, 0.717) is 28.6 Å². The second kappa shape index (κ2) is 14.8. The summed E-state index contributed by atoms with van der Waals surface area (Å²) in [6.45, 7) is 12.3. The molecule has 3 N–H and O–H groups in total. The SMILES string of the molecule is CCC(C(=O)N[C@H](CNC1CC(C)(C)NC(C)(C)C1)Cc1ccc(OCc2c(Cl)cccc2Cl)cc1)C1CCCCC1. The summed E-state index contributed by atoms with van der Waals surface area (Å²) >= 11 is 12.6. The lowest BCUT2D eigenvalue weighted by Gasteiger charge is -2.47. The Kier molecular flexibility index (Phi) is 11.7. The highest BCUT2D eigenvalue weighted by Gasteiger charge is 2.38. The third kappa shape index (κ3) is 9.61. The first-order valence-corrected chi connectivity index (χ1v) is 16.7. The van der Waals surface area contributed by atoms with Gasteiger partial charge < -0.3 is 20.7 Å². The van der Waals surface area contributed by atoms with Gasteiger partial charge in [-0.1, -0.05) is 67.6 Å². The summed E-state index contributed by atoms with van der Waals surface area (Å²) in [5.41, 5.74) is 2.08. The second-order valence-electron chi connectivity index (χ2n) is 13.9. The van der Waals surface area contributed by atoms with Crippen molar-refractivity contribution < 1.29 is 9.53 Å². The lowest BCUT2D eigenvalue weighted by atomic mass is 9.78. The average Bonchev–Trinajstić information content (AvgIpc) is 2.92. The van der Waals surface area contributed by atoms with Gasteiger partial charge in [-0.3, -0.25) is 4.79 Å². The van der Waals surface area contributed by atoms with Crippen LogP contribution in [0.5, 0.6) is 5.75 Å². The molecule has 2 aliphatic rings. The Morgan fingerprint density at radius 1 is 0.976 bits per heavy atom. The van der Waals surface area contributed by atoms with Gasteiger partial charge in [0, 0.05) is 51.2 Å². The number of piperidine rings is 1. The lowest BCUT2D eigenvalue weighted by molar-refractivity contribution is -0.128. The van der Waals surface area contributed by atoms with Crippen LogP contribution in [0.4, 0.5) is 0 Å². The standard InChI is InChI=1S/C35H51Cl2N3O2/c1-6-29(25-11-8-7-9-12-25)33(41)39-26(22-38-27-20-34(2,3)40-35(4,5)21-27)19-24-15-17-28(18-16-24)42-23-30-31(36)13-10-14-32(30)37/h10,13-18,25-27,29,38,40H,6-9,11-12,19-23H2,1-5H3,(H,39,41)/t26-,29?/m0/s1. The number of carbonyl (C=O) groups excluding carboxylic acids is 1. The maximum Gasteiger partial charge on any atom is 0.223 e.